The van der Waals surface area contributed by atoms with Gasteiger partial charge in [-0.05, 0) is 38.8 Å². The number of piperidine rings is 1. The average molecular weight is 324 g/mol. The molecule has 3 rings (SSSR count). The van der Waals surface area contributed by atoms with E-state index < -0.39 is 15.8 Å². The normalized spacial score (nSPS) is 20.5. The van der Waals surface area contributed by atoms with Gasteiger partial charge in [-0.25, -0.2) is 13.2 Å². The third-order valence-corrected chi connectivity index (χ3v) is 6.31. The molecule has 0 bridgehead atoms. The number of aromatic nitrogens is 1. The fraction of sp³-hybridized carbons (Fsp3) is 0.533. The van der Waals surface area contributed by atoms with Crippen LogP contribution in [0.5, 0.6) is 0 Å². The molecule has 22 heavy (non-hydrogen) atoms. The predicted molar refractivity (Wildman–Crippen MR) is 83.4 cm³/mol. The molecule has 1 saturated heterocycles. The fourth-order valence-corrected chi connectivity index (χ4v) is 4.79. The topological polar surface area (TPSA) is 72.5 Å². The Morgan fingerprint density at radius 2 is 2.09 bits per heavy atom. The molecule has 1 aromatic carbocycles. The van der Waals surface area contributed by atoms with Gasteiger partial charge in [0, 0.05) is 25.2 Å². The molecule has 0 saturated carbocycles. The summed E-state index contributed by atoms with van der Waals surface area (Å²) >= 11 is 0. The summed E-state index contributed by atoms with van der Waals surface area (Å²) in [6, 6.07) is 4.66. The van der Waals surface area contributed by atoms with Gasteiger partial charge in [0.15, 0.2) is 5.58 Å². The van der Waals surface area contributed by atoms with E-state index in [-0.39, 0.29) is 10.9 Å². The van der Waals surface area contributed by atoms with Gasteiger partial charge in [0.05, 0.1) is 10.4 Å². The molecule has 1 aromatic heterocycles. The van der Waals surface area contributed by atoms with Crippen molar-refractivity contribution in [3.8, 4) is 0 Å². The van der Waals surface area contributed by atoms with Crippen molar-refractivity contribution in [2.45, 2.75) is 50.6 Å². The fourth-order valence-electron chi connectivity index (χ4n) is 3.07. The van der Waals surface area contributed by atoms with E-state index in [9.17, 15) is 13.2 Å². The van der Waals surface area contributed by atoms with Gasteiger partial charge >= 0.3 is 5.76 Å². The smallest absolute Gasteiger partial charge is 0.408 e. The predicted octanol–water partition coefficient (Wildman–Crippen LogP) is 2.18. The van der Waals surface area contributed by atoms with Crippen molar-refractivity contribution in [1.29, 1.82) is 0 Å². The highest BCUT2D eigenvalue weighted by atomic mass is 32.2. The first-order valence-corrected chi connectivity index (χ1v) is 9.04. The summed E-state index contributed by atoms with van der Waals surface area (Å²) in [5.41, 5.74) is 0.940. The molecule has 1 aliphatic heterocycles. The standard InChI is InChI=1S/C15H20N2O4S/c1-3-16-13-8-7-12(10-14(13)21-15(16)18)22(19,20)17-9-5-4-6-11(17)2/h7-8,10-11H,3-6,9H2,1-2H3. The van der Waals surface area contributed by atoms with Crippen LogP contribution in [0.15, 0.2) is 32.3 Å². The maximum absolute atomic E-state index is 12.8. The van der Waals surface area contributed by atoms with Crippen molar-refractivity contribution >= 4 is 21.1 Å². The van der Waals surface area contributed by atoms with Crippen LogP contribution in [0, 0.1) is 0 Å². The highest BCUT2D eigenvalue weighted by Crippen LogP contribution is 2.27. The van der Waals surface area contributed by atoms with Crippen LogP contribution in [-0.4, -0.2) is 29.9 Å². The zero-order valence-corrected chi connectivity index (χ0v) is 13.6. The van der Waals surface area contributed by atoms with Crippen molar-refractivity contribution in [1.82, 2.24) is 8.87 Å². The maximum Gasteiger partial charge on any atom is 0.419 e. The van der Waals surface area contributed by atoms with Gasteiger partial charge in [-0.1, -0.05) is 6.42 Å². The quantitative estimate of drug-likeness (QED) is 0.867. The molecule has 1 atom stereocenters. The Kier molecular flexibility index (Phi) is 3.86. The second-order valence-corrected chi connectivity index (χ2v) is 7.59. The second kappa shape index (κ2) is 5.55. The van der Waals surface area contributed by atoms with Crippen LogP contribution in [0.3, 0.4) is 0 Å². The molecule has 2 aromatic rings. The molecule has 1 fully saturated rings. The minimum atomic E-state index is -3.55. The van der Waals surface area contributed by atoms with Crippen molar-refractivity contribution in [3.05, 3.63) is 28.7 Å². The lowest BCUT2D eigenvalue weighted by Gasteiger charge is -2.32. The Morgan fingerprint density at radius 1 is 1.32 bits per heavy atom. The number of sulfonamides is 1. The van der Waals surface area contributed by atoms with Crippen molar-refractivity contribution in [2.24, 2.45) is 0 Å². The molecule has 1 unspecified atom stereocenters. The van der Waals surface area contributed by atoms with E-state index in [1.807, 2.05) is 13.8 Å². The van der Waals surface area contributed by atoms with Gasteiger partial charge in [-0.2, -0.15) is 4.31 Å². The molecule has 1 aliphatic rings. The minimum Gasteiger partial charge on any atom is -0.408 e. The summed E-state index contributed by atoms with van der Waals surface area (Å²) in [4.78, 5) is 11.9. The van der Waals surface area contributed by atoms with E-state index in [0.717, 1.165) is 19.3 Å². The first-order valence-electron chi connectivity index (χ1n) is 7.60. The van der Waals surface area contributed by atoms with Crippen LogP contribution in [0.2, 0.25) is 0 Å². The Morgan fingerprint density at radius 3 is 2.77 bits per heavy atom. The van der Waals surface area contributed by atoms with E-state index >= 15 is 0 Å². The summed E-state index contributed by atoms with van der Waals surface area (Å²) < 4.78 is 33.8. The van der Waals surface area contributed by atoms with Crippen LogP contribution in [-0.2, 0) is 16.6 Å². The molecule has 0 N–H and O–H groups in total. The molecular weight excluding hydrogens is 304 g/mol. The van der Waals surface area contributed by atoms with E-state index in [1.54, 1.807) is 16.4 Å². The van der Waals surface area contributed by atoms with Crippen molar-refractivity contribution in [2.75, 3.05) is 6.54 Å². The van der Waals surface area contributed by atoms with E-state index in [0.29, 0.717) is 24.2 Å². The molecule has 0 aliphatic carbocycles. The van der Waals surface area contributed by atoms with Gasteiger partial charge in [-0.15, -0.1) is 0 Å². The highest BCUT2D eigenvalue weighted by molar-refractivity contribution is 7.89. The summed E-state index contributed by atoms with van der Waals surface area (Å²) in [6.45, 7) is 4.81. The SMILES string of the molecule is CCn1c(=O)oc2cc(S(=O)(=O)N3CCCCC3C)ccc21. The third kappa shape index (κ3) is 2.38. The van der Waals surface area contributed by atoms with Crippen LogP contribution in [0.4, 0.5) is 0 Å². The summed E-state index contributed by atoms with van der Waals surface area (Å²) in [5, 5.41) is 0. The van der Waals surface area contributed by atoms with E-state index in [2.05, 4.69) is 0 Å². The van der Waals surface area contributed by atoms with Crippen molar-refractivity contribution < 1.29 is 12.8 Å². The Balaban J connectivity index is 2.07. The number of hydrogen-bond donors (Lipinski definition) is 0. The van der Waals surface area contributed by atoms with Gasteiger partial charge in [0.2, 0.25) is 10.0 Å². The van der Waals surface area contributed by atoms with Crippen LogP contribution in [0.1, 0.15) is 33.1 Å². The Bertz CT molecular complexity index is 850. The monoisotopic (exact) mass is 324 g/mol. The Labute approximate surface area is 129 Å². The van der Waals surface area contributed by atoms with E-state index in [1.165, 1.54) is 10.6 Å². The maximum atomic E-state index is 12.8. The zero-order chi connectivity index (χ0) is 15.9. The van der Waals surface area contributed by atoms with Crippen molar-refractivity contribution in [3.63, 3.8) is 0 Å². The number of rotatable bonds is 3. The number of oxazole rings is 1. The summed E-state index contributed by atoms with van der Waals surface area (Å²) in [6.07, 6.45) is 2.82. The number of hydrogen-bond acceptors (Lipinski definition) is 4. The Hall–Kier alpha value is -1.60. The van der Waals surface area contributed by atoms with E-state index in [4.69, 9.17) is 4.42 Å². The average Bonchev–Trinajstić information content (AvgIpc) is 2.81. The zero-order valence-electron chi connectivity index (χ0n) is 12.8. The molecule has 0 spiro atoms. The first kappa shape index (κ1) is 15.3. The molecule has 2 heterocycles. The molecule has 7 heteroatoms. The first-order chi connectivity index (χ1) is 10.4. The van der Waals surface area contributed by atoms with Crippen LogP contribution < -0.4 is 5.76 Å². The molecule has 120 valence electrons. The number of benzene rings is 1. The van der Waals surface area contributed by atoms with Gasteiger partial charge in [0.1, 0.15) is 0 Å². The lowest BCUT2D eigenvalue weighted by atomic mass is 10.1. The highest BCUT2D eigenvalue weighted by Gasteiger charge is 2.31. The largest absolute Gasteiger partial charge is 0.419 e. The molecule has 6 nitrogen and oxygen atoms in total. The molecule has 0 radical (unpaired) electrons. The van der Waals surface area contributed by atoms with Gasteiger partial charge in [0.25, 0.3) is 0 Å². The van der Waals surface area contributed by atoms with Crippen LogP contribution >= 0.6 is 0 Å². The third-order valence-electron chi connectivity index (χ3n) is 4.30. The summed E-state index contributed by atoms with van der Waals surface area (Å²) in [5.74, 6) is -0.460. The van der Waals surface area contributed by atoms with Gasteiger partial charge < -0.3 is 4.42 Å². The number of aryl methyl sites for hydroxylation is 1. The van der Waals surface area contributed by atoms with Gasteiger partial charge in [-0.3, -0.25) is 4.57 Å². The molecular formula is C15H20N2O4S. The lowest BCUT2D eigenvalue weighted by molar-refractivity contribution is 0.268. The number of nitrogens with zero attached hydrogens (tertiary/aromatic N) is 2. The lowest BCUT2D eigenvalue weighted by Crippen LogP contribution is -2.41. The molecule has 0 amide bonds. The second-order valence-electron chi connectivity index (χ2n) is 5.70. The number of fused-ring (bicyclic) bond motifs is 1. The minimum absolute atomic E-state index is 0.00157. The van der Waals surface area contributed by atoms with Crippen LogP contribution in [0.25, 0.3) is 11.1 Å². The summed E-state index contributed by atoms with van der Waals surface area (Å²) in [7, 11) is -3.55.